The van der Waals surface area contributed by atoms with Crippen LogP contribution >= 0.6 is 0 Å². The van der Waals surface area contributed by atoms with Crippen molar-refractivity contribution in [3.63, 3.8) is 0 Å². The van der Waals surface area contributed by atoms with Crippen molar-refractivity contribution in [2.45, 2.75) is 38.6 Å². The summed E-state index contributed by atoms with van der Waals surface area (Å²) in [6.45, 7) is 2.28. The first kappa shape index (κ1) is 11.6. The van der Waals surface area contributed by atoms with Gasteiger partial charge < -0.3 is 10.6 Å². The number of hydrogen-bond donors (Lipinski definition) is 2. The maximum Gasteiger partial charge on any atom is 0.227 e. The number of rotatable bonds is 4. The number of nitrogens with one attached hydrogen (secondary N) is 2. The predicted molar refractivity (Wildman–Crippen MR) is 73.6 cm³/mol. The first-order valence-electron chi connectivity index (χ1n) is 6.88. The van der Waals surface area contributed by atoms with Crippen molar-refractivity contribution in [2.24, 2.45) is 11.8 Å². The lowest BCUT2D eigenvalue weighted by atomic mass is 9.82. The van der Waals surface area contributed by atoms with Crippen LogP contribution in [-0.4, -0.2) is 11.9 Å². The van der Waals surface area contributed by atoms with Crippen LogP contribution in [-0.2, 0) is 4.79 Å². The summed E-state index contributed by atoms with van der Waals surface area (Å²) in [5, 5.41) is 6.50. The quantitative estimate of drug-likeness (QED) is 0.853. The summed E-state index contributed by atoms with van der Waals surface area (Å²) in [5.41, 5.74) is 2.02. The zero-order valence-electron chi connectivity index (χ0n) is 10.8. The number of anilines is 2. The van der Waals surface area contributed by atoms with Crippen molar-refractivity contribution >= 4 is 17.3 Å². The fourth-order valence-electron chi connectivity index (χ4n) is 2.53. The lowest BCUT2D eigenvalue weighted by molar-refractivity contribution is -0.117. The summed E-state index contributed by atoms with van der Waals surface area (Å²) in [7, 11) is 0. The van der Waals surface area contributed by atoms with E-state index >= 15 is 0 Å². The van der Waals surface area contributed by atoms with E-state index in [0.717, 1.165) is 30.1 Å². The van der Waals surface area contributed by atoms with Gasteiger partial charge in [-0.15, -0.1) is 0 Å². The number of hydrogen-bond acceptors (Lipinski definition) is 2. The molecule has 2 saturated carbocycles. The van der Waals surface area contributed by atoms with Crippen molar-refractivity contribution in [3.05, 3.63) is 24.3 Å². The SMILES string of the molecule is CC1CC(Nc2cccc(NC(=O)C3CC3)c2)C1. The number of carbonyl (C=O) groups is 1. The van der Waals surface area contributed by atoms with Crippen molar-refractivity contribution in [1.29, 1.82) is 0 Å². The highest BCUT2D eigenvalue weighted by atomic mass is 16.2. The van der Waals surface area contributed by atoms with Crippen LogP contribution in [0.1, 0.15) is 32.6 Å². The molecule has 0 unspecified atom stereocenters. The van der Waals surface area contributed by atoms with Crippen LogP contribution in [0.25, 0.3) is 0 Å². The van der Waals surface area contributed by atoms with Gasteiger partial charge in [-0.3, -0.25) is 4.79 Å². The van der Waals surface area contributed by atoms with Gasteiger partial charge in [0.1, 0.15) is 0 Å². The molecule has 2 N–H and O–H groups in total. The molecule has 0 aliphatic heterocycles. The topological polar surface area (TPSA) is 41.1 Å². The summed E-state index contributed by atoms with van der Waals surface area (Å²) in [5.74, 6) is 1.28. The van der Waals surface area contributed by atoms with Crippen molar-refractivity contribution < 1.29 is 4.79 Å². The Morgan fingerprint density at radius 2 is 1.94 bits per heavy atom. The van der Waals surface area contributed by atoms with Crippen LogP contribution in [0.3, 0.4) is 0 Å². The predicted octanol–water partition coefficient (Wildman–Crippen LogP) is 3.25. The second-order valence-electron chi connectivity index (χ2n) is 5.76. The molecule has 2 fully saturated rings. The van der Waals surface area contributed by atoms with E-state index in [-0.39, 0.29) is 11.8 Å². The molecule has 0 atom stereocenters. The van der Waals surface area contributed by atoms with Gasteiger partial charge in [0.2, 0.25) is 5.91 Å². The standard InChI is InChI=1S/C15H20N2O/c1-10-7-14(8-10)16-12-3-2-4-13(9-12)17-15(18)11-5-6-11/h2-4,9-11,14,16H,5-8H2,1H3,(H,17,18). The van der Waals surface area contributed by atoms with Gasteiger partial charge in [0.05, 0.1) is 0 Å². The van der Waals surface area contributed by atoms with E-state index < -0.39 is 0 Å². The maximum absolute atomic E-state index is 11.7. The Bertz CT molecular complexity index is 448. The van der Waals surface area contributed by atoms with Crippen LogP contribution in [0.15, 0.2) is 24.3 Å². The average molecular weight is 244 g/mol. The molecule has 3 rings (SSSR count). The molecule has 18 heavy (non-hydrogen) atoms. The van der Waals surface area contributed by atoms with Crippen LogP contribution in [0.5, 0.6) is 0 Å². The summed E-state index contributed by atoms with van der Waals surface area (Å²) in [6.07, 6.45) is 4.59. The zero-order valence-corrected chi connectivity index (χ0v) is 10.8. The molecule has 0 saturated heterocycles. The molecule has 96 valence electrons. The van der Waals surface area contributed by atoms with Crippen LogP contribution in [0.4, 0.5) is 11.4 Å². The van der Waals surface area contributed by atoms with Gasteiger partial charge in [-0.25, -0.2) is 0 Å². The molecule has 1 aromatic rings. The fourth-order valence-corrected chi connectivity index (χ4v) is 2.53. The Hall–Kier alpha value is -1.51. The van der Waals surface area contributed by atoms with Crippen molar-refractivity contribution in [1.82, 2.24) is 0 Å². The van der Waals surface area contributed by atoms with E-state index in [1.54, 1.807) is 0 Å². The number of carbonyl (C=O) groups excluding carboxylic acids is 1. The Kier molecular flexibility index (Phi) is 2.98. The molecule has 1 aromatic carbocycles. The van der Waals surface area contributed by atoms with E-state index in [1.807, 2.05) is 18.2 Å². The van der Waals surface area contributed by atoms with Crippen LogP contribution < -0.4 is 10.6 Å². The number of benzene rings is 1. The highest BCUT2D eigenvalue weighted by Crippen LogP contribution is 2.32. The van der Waals surface area contributed by atoms with Gasteiger partial charge in [-0.1, -0.05) is 13.0 Å². The normalized spacial score (nSPS) is 26.3. The minimum Gasteiger partial charge on any atom is -0.382 e. The van der Waals surface area contributed by atoms with Gasteiger partial charge in [0.25, 0.3) is 0 Å². The average Bonchev–Trinajstić information content (AvgIpc) is 3.11. The van der Waals surface area contributed by atoms with Crippen molar-refractivity contribution in [2.75, 3.05) is 10.6 Å². The second kappa shape index (κ2) is 4.63. The minimum atomic E-state index is 0.171. The minimum absolute atomic E-state index is 0.171. The van der Waals surface area contributed by atoms with Gasteiger partial charge >= 0.3 is 0 Å². The Morgan fingerprint density at radius 3 is 2.61 bits per heavy atom. The third-order valence-corrected chi connectivity index (χ3v) is 3.82. The molecule has 0 heterocycles. The maximum atomic E-state index is 11.7. The molecule has 3 heteroatoms. The summed E-state index contributed by atoms with van der Waals surface area (Å²) >= 11 is 0. The zero-order chi connectivity index (χ0) is 12.5. The molecule has 0 spiro atoms. The molecule has 0 aromatic heterocycles. The summed E-state index contributed by atoms with van der Waals surface area (Å²) in [6, 6.07) is 8.65. The Labute approximate surface area is 108 Å². The smallest absolute Gasteiger partial charge is 0.227 e. The molecule has 0 bridgehead atoms. The lowest BCUT2D eigenvalue weighted by Crippen LogP contribution is -2.33. The molecule has 1 amide bonds. The first-order valence-corrected chi connectivity index (χ1v) is 6.88. The van der Waals surface area contributed by atoms with Gasteiger partial charge in [-0.05, 0) is 49.8 Å². The van der Waals surface area contributed by atoms with Crippen LogP contribution in [0, 0.1) is 11.8 Å². The largest absolute Gasteiger partial charge is 0.382 e. The van der Waals surface area contributed by atoms with E-state index in [9.17, 15) is 4.79 Å². The van der Waals surface area contributed by atoms with E-state index in [1.165, 1.54) is 12.8 Å². The molecule has 0 radical (unpaired) electrons. The lowest BCUT2D eigenvalue weighted by Gasteiger charge is -2.34. The molecule has 3 nitrogen and oxygen atoms in total. The molecule has 2 aliphatic rings. The number of amides is 1. The third-order valence-electron chi connectivity index (χ3n) is 3.82. The van der Waals surface area contributed by atoms with E-state index in [0.29, 0.717) is 6.04 Å². The molecular weight excluding hydrogens is 224 g/mol. The monoisotopic (exact) mass is 244 g/mol. The van der Waals surface area contributed by atoms with E-state index in [2.05, 4.69) is 23.6 Å². The van der Waals surface area contributed by atoms with Gasteiger partial charge in [-0.2, -0.15) is 0 Å². The first-order chi connectivity index (χ1) is 8.70. The Morgan fingerprint density at radius 1 is 1.22 bits per heavy atom. The highest BCUT2D eigenvalue weighted by molar-refractivity contribution is 5.94. The summed E-state index contributed by atoms with van der Waals surface area (Å²) < 4.78 is 0. The van der Waals surface area contributed by atoms with Gasteiger partial charge in [0, 0.05) is 23.3 Å². The fraction of sp³-hybridized carbons (Fsp3) is 0.533. The summed E-state index contributed by atoms with van der Waals surface area (Å²) in [4.78, 5) is 11.7. The Balaban J connectivity index is 1.59. The van der Waals surface area contributed by atoms with E-state index in [4.69, 9.17) is 0 Å². The highest BCUT2D eigenvalue weighted by Gasteiger charge is 2.29. The third kappa shape index (κ3) is 2.66. The van der Waals surface area contributed by atoms with Gasteiger partial charge in [0.15, 0.2) is 0 Å². The molecule has 2 aliphatic carbocycles. The molecular formula is C15H20N2O. The second-order valence-corrected chi connectivity index (χ2v) is 5.76. The van der Waals surface area contributed by atoms with Crippen LogP contribution in [0.2, 0.25) is 0 Å². The van der Waals surface area contributed by atoms with Crippen molar-refractivity contribution in [3.8, 4) is 0 Å².